The van der Waals surface area contributed by atoms with Crippen LogP contribution in [0.3, 0.4) is 0 Å². The van der Waals surface area contributed by atoms with Gasteiger partial charge in [0.25, 0.3) is 10.0 Å². The van der Waals surface area contributed by atoms with Gasteiger partial charge >= 0.3 is 0 Å². The number of sulfonamides is 1. The molecule has 0 spiro atoms. The first-order valence-electron chi connectivity index (χ1n) is 6.22. The Labute approximate surface area is 121 Å². The summed E-state index contributed by atoms with van der Waals surface area (Å²) >= 11 is 4.82. The van der Waals surface area contributed by atoms with Gasteiger partial charge in [-0.25, -0.2) is 8.42 Å². The van der Waals surface area contributed by atoms with Gasteiger partial charge in [-0.15, -0.1) is 11.3 Å². The fraction of sp³-hybridized carbons (Fsp3) is 0.667. The van der Waals surface area contributed by atoms with Crippen molar-refractivity contribution in [1.82, 2.24) is 4.31 Å². The molecule has 1 aromatic heterocycles. The Morgan fingerprint density at radius 2 is 2.28 bits per heavy atom. The van der Waals surface area contributed by atoms with Gasteiger partial charge in [-0.2, -0.15) is 4.31 Å². The minimum absolute atomic E-state index is 0.499. The van der Waals surface area contributed by atoms with Gasteiger partial charge in [0, 0.05) is 23.3 Å². The SMILES string of the molecule is CCc1ccc(S(=O)(=O)N2CCC(CCBr)C2)s1. The van der Waals surface area contributed by atoms with Crippen molar-refractivity contribution in [2.24, 2.45) is 5.92 Å². The average Bonchev–Trinajstić information content (AvgIpc) is 2.98. The van der Waals surface area contributed by atoms with E-state index in [-0.39, 0.29) is 0 Å². The summed E-state index contributed by atoms with van der Waals surface area (Å²) in [6.07, 6.45) is 2.93. The number of nitrogens with zero attached hydrogens (tertiary/aromatic N) is 1. The standard InChI is InChI=1S/C12H18BrNO2S2/c1-2-11-3-4-12(17-11)18(15,16)14-8-6-10(9-14)5-7-13/h3-4,10H,2,5-9H2,1H3. The molecule has 0 bridgehead atoms. The summed E-state index contributed by atoms with van der Waals surface area (Å²) in [6.45, 7) is 3.39. The number of hydrogen-bond acceptors (Lipinski definition) is 3. The summed E-state index contributed by atoms with van der Waals surface area (Å²) in [6, 6.07) is 3.67. The number of aryl methyl sites for hydroxylation is 1. The zero-order valence-corrected chi connectivity index (χ0v) is 13.7. The van der Waals surface area contributed by atoms with E-state index in [4.69, 9.17) is 0 Å². The molecule has 2 heterocycles. The van der Waals surface area contributed by atoms with E-state index in [1.54, 1.807) is 10.4 Å². The molecule has 3 nitrogen and oxygen atoms in total. The molecule has 1 fully saturated rings. The molecule has 0 amide bonds. The second-order valence-corrected chi connectivity index (χ2v) is 8.70. The van der Waals surface area contributed by atoms with E-state index in [9.17, 15) is 8.42 Å². The van der Waals surface area contributed by atoms with Crippen LogP contribution in [0.25, 0.3) is 0 Å². The molecule has 1 aliphatic rings. The van der Waals surface area contributed by atoms with Crippen molar-refractivity contribution in [1.29, 1.82) is 0 Å². The van der Waals surface area contributed by atoms with Crippen molar-refractivity contribution in [3.8, 4) is 0 Å². The van der Waals surface area contributed by atoms with Crippen LogP contribution >= 0.6 is 27.3 Å². The molecule has 1 unspecified atom stereocenters. The van der Waals surface area contributed by atoms with Crippen LogP contribution in [-0.2, 0) is 16.4 Å². The Bertz CT molecular complexity index is 498. The predicted octanol–water partition coefficient (Wildman–Crippen LogP) is 3.11. The molecular weight excluding hydrogens is 334 g/mol. The lowest BCUT2D eigenvalue weighted by atomic mass is 10.1. The molecule has 6 heteroatoms. The molecular formula is C12H18BrNO2S2. The number of rotatable bonds is 5. The lowest BCUT2D eigenvalue weighted by Gasteiger charge is -2.15. The lowest BCUT2D eigenvalue weighted by molar-refractivity contribution is 0.455. The number of thiophene rings is 1. The third-order valence-electron chi connectivity index (χ3n) is 3.35. The summed E-state index contributed by atoms with van der Waals surface area (Å²) in [5.74, 6) is 0.504. The van der Waals surface area contributed by atoms with Crippen LogP contribution in [0.1, 0.15) is 24.6 Å². The molecule has 102 valence electrons. The van der Waals surface area contributed by atoms with E-state index in [2.05, 4.69) is 15.9 Å². The van der Waals surface area contributed by atoms with Crippen LogP contribution < -0.4 is 0 Å². The smallest absolute Gasteiger partial charge is 0.206 e. The second kappa shape index (κ2) is 6.03. The van der Waals surface area contributed by atoms with E-state index < -0.39 is 10.0 Å². The molecule has 0 aromatic carbocycles. The first-order chi connectivity index (χ1) is 8.57. The minimum atomic E-state index is -3.24. The van der Waals surface area contributed by atoms with E-state index in [1.807, 2.05) is 13.0 Å². The number of alkyl halides is 1. The van der Waals surface area contributed by atoms with E-state index in [0.717, 1.165) is 29.5 Å². The van der Waals surface area contributed by atoms with Gasteiger partial charge in [0.2, 0.25) is 0 Å². The van der Waals surface area contributed by atoms with Gasteiger partial charge in [-0.05, 0) is 37.3 Å². The fourth-order valence-corrected chi connectivity index (χ4v) is 5.85. The number of hydrogen-bond donors (Lipinski definition) is 0. The largest absolute Gasteiger partial charge is 0.252 e. The minimum Gasteiger partial charge on any atom is -0.206 e. The van der Waals surface area contributed by atoms with Gasteiger partial charge in [-0.3, -0.25) is 0 Å². The van der Waals surface area contributed by atoms with Gasteiger partial charge in [0.15, 0.2) is 0 Å². The van der Waals surface area contributed by atoms with Crippen LogP contribution in [-0.4, -0.2) is 31.1 Å². The highest BCUT2D eigenvalue weighted by Crippen LogP contribution is 2.30. The molecule has 2 rings (SSSR count). The zero-order valence-electron chi connectivity index (χ0n) is 10.4. The Hall–Kier alpha value is 0.0900. The Morgan fingerprint density at radius 3 is 2.89 bits per heavy atom. The summed E-state index contributed by atoms with van der Waals surface area (Å²) in [5.41, 5.74) is 0. The average molecular weight is 352 g/mol. The summed E-state index contributed by atoms with van der Waals surface area (Å²) < 4.78 is 27.0. The van der Waals surface area contributed by atoms with Crippen LogP contribution in [0, 0.1) is 5.92 Å². The molecule has 0 aliphatic carbocycles. The molecule has 18 heavy (non-hydrogen) atoms. The molecule has 1 aromatic rings. The quantitative estimate of drug-likeness (QED) is 0.764. The topological polar surface area (TPSA) is 37.4 Å². The first kappa shape index (κ1) is 14.5. The zero-order chi connectivity index (χ0) is 13.2. The Kier molecular flexibility index (Phi) is 4.86. The van der Waals surface area contributed by atoms with Crippen molar-refractivity contribution in [3.63, 3.8) is 0 Å². The summed E-state index contributed by atoms with van der Waals surface area (Å²) in [7, 11) is -3.24. The second-order valence-electron chi connectivity index (χ2n) is 4.57. The molecule has 0 radical (unpaired) electrons. The van der Waals surface area contributed by atoms with Crippen LogP contribution in [0.5, 0.6) is 0 Å². The molecule has 0 saturated carbocycles. The first-order valence-corrected chi connectivity index (χ1v) is 9.60. The lowest BCUT2D eigenvalue weighted by Crippen LogP contribution is -2.28. The highest BCUT2D eigenvalue weighted by Gasteiger charge is 2.32. The van der Waals surface area contributed by atoms with Gasteiger partial charge in [0.05, 0.1) is 0 Å². The van der Waals surface area contributed by atoms with Crippen LogP contribution in [0.4, 0.5) is 0 Å². The van der Waals surface area contributed by atoms with Crippen molar-refractivity contribution in [2.75, 3.05) is 18.4 Å². The Morgan fingerprint density at radius 1 is 1.50 bits per heavy atom. The fourth-order valence-electron chi connectivity index (χ4n) is 2.22. The molecule has 1 saturated heterocycles. The monoisotopic (exact) mass is 351 g/mol. The van der Waals surface area contributed by atoms with Crippen molar-refractivity contribution in [2.45, 2.75) is 30.4 Å². The summed E-state index contributed by atoms with van der Waals surface area (Å²) in [4.78, 5) is 1.13. The van der Waals surface area contributed by atoms with Crippen molar-refractivity contribution in [3.05, 3.63) is 17.0 Å². The third kappa shape index (κ3) is 2.98. The van der Waals surface area contributed by atoms with E-state index in [0.29, 0.717) is 23.2 Å². The third-order valence-corrected chi connectivity index (χ3v) is 7.37. The number of halogens is 1. The van der Waals surface area contributed by atoms with E-state index in [1.165, 1.54) is 11.3 Å². The Balaban J connectivity index is 2.12. The molecule has 1 aliphatic heterocycles. The summed E-state index contributed by atoms with van der Waals surface area (Å²) in [5, 5.41) is 0.949. The van der Waals surface area contributed by atoms with Crippen LogP contribution in [0.2, 0.25) is 0 Å². The highest BCUT2D eigenvalue weighted by molar-refractivity contribution is 9.09. The normalized spacial score (nSPS) is 21.6. The van der Waals surface area contributed by atoms with Gasteiger partial charge in [0.1, 0.15) is 4.21 Å². The maximum absolute atomic E-state index is 12.4. The predicted molar refractivity (Wildman–Crippen MR) is 79.0 cm³/mol. The molecule has 1 atom stereocenters. The van der Waals surface area contributed by atoms with Gasteiger partial charge in [-0.1, -0.05) is 22.9 Å². The van der Waals surface area contributed by atoms with Crippen LogP contribution in [0.15, 0.2) is 16.3 Å². The maximum atomic E-state index is 12.4. The molecule has 0 N–H and O–H groups in total. The highest BCUT2D eigenvalue weighted by atomic mass is 79.9. The van der Waals surface area contributed by atoms with E-state index >= 15 is 0 Å². The van der Waals surface area contributed by atoms with Gasteiger partial charge < -0.3 is 0 Å². The maximum Gasteiger partial charge on any atom is 0.252 e. The van der Waals surface area contributed by atoms with Crippen molar-refractivity contribution < 1.29 is 8.42 Å². The van der Waals surface area contributed by atoms with Crippen molar-refractivity contribution >= 4 is 37.3 Å².